The van der Waals surface area contributed by atoms with Crippen molar-refractivity contribution in [2.75, 3.05) is 6.54 Å². The number of primary amides is 1. The molecule has 1 fully saturated rings. The SMILES string of the molecule is C[C@@H](c1ccc(C#CC(C)(C)NC(N)=O)cc1)N1CC[C@](CC(C)(C)O)(c2ccccc2)OC1=O. The van der Waals surface area contributed by atoms with Gasteiger partial charge in [0.15, 0.2) is 0 Å². The average molecular weight is 478 g/mol. The number of ether oxygens (including phenoxy) is 1. The Balaban J connectivity index is 1.75. The van der Waals surface area contributed by atoms with Crippen LogP contribution in [0.5, 0.6) is 0 Å². The summed E-state index contributed by atoms with van der Waals surface area (Å²) in [6, 6.07) is 16.5. The van der Waals surface area contributed by atoms with Gasteiger partial charge in [-0.25, -0.2) is 9.59 Å². The Kier molecular flexibility index (Phi) is 7.47. The van der Waals surface area contributed by atoms with Gasteiger partial charge in [0.2, 0.25) is 0 Å². The van der Waals surface area contributed by atoms with Gasteiger partial charge in [0.1, 0.15) is 5.60 Å². The number of hydrogen-bond donors (Lipinski definition) is 3. The number of nitrogens with zero attached hydrogens (tertiary/aromatic N) is 1. The molecule has 0 saturated carbocycles. The number of hydrogen-bond acceptors (Lipinski definition) is 4. The lowest BCUT2D eigenvalue weighted by Gasteiger charge is -2.45. The first-order chi connectivity index (χ1) is 16.3. The molecule has 0 aromatic heterocycles. The molecule has 3 rings (SSSR count). The second-order valence-corrected chi connectivity index (χ2v) is 10.3. The first-order valence-corrected chi connectivity index (χ1v) is 11.8. The predicted octanol–water partition coefficient (Wildman–Crippen LogP) is 4.44. The second-order valence-electron chi connectivity index (χ2n) is 10.3. The van der Waals surface area contributed by atoms with E-state index in [1.807, 2.05) is 61.5 Å². The van der Waals surface area contributed by atoms with Crippen LogP contribution in [0, 0.1) is 11.8 Å². The van der Waals surface area contributed by atoms with Crippen LogP contribution < -0.4 is 11.1 Å². The van der Waals surface area contributed by atoms with Crippen LogP contribution in [-0.4, -0.2) is 39.8 Å². The molecular weight excluding hydrogens is 442 g/mol. The van der Waals surface area contributed by atoms with Crippen molar-refractivity contribution in [1.29, 1.82) is 0 Å². The molecule has 1 saturated heterocycles. The third-order valence-corrected chi connectivity index (χ3v) is 6.11. The van der Waals surface area contributed by atoms with E-state index in [0.717, 1.165) is 16.7 Å². The number of nitrogens with one attached hydrogen (secondary N) is 1. The monoisotopic (exact) mass is 477 g/mol. The van der Waals surface area contributed by atoms with Crippen LogP contribution in [0.15, 0.2) is 54.6 Å². The molecule has 2 aromatic carbocycles. The fraction of sp³-hybridized carbons (Fsp3) is 0.429. The van der Waals surface area contributed by atoms with Crippen molar-refractivity contribution in [3.63, 3.8) is 0 Å². The Labute approximate surface area is 207 Å². The molecule has 0 bridgehead atoms. The molecule has 7 heteroatoms. The molecule has 0 radical (unpaired) electrons. The normalized spacial score (nSPS) is 19.3. The van der Waals surface area contributed by atoms with E-state index in [0.29, 0.717) is 19.4 Å². The van der Waals surface area contributed by atoms with E-state index in [9.17, 15) is 14.7 Å². The summed E-state index contributed by atoms with van der Waals surface area (Å²) in [4.78, 5) is 26.0. The molecule has 1 aliphatic rings. The third kappa shape index (κ3) is 6.77. The van der Waals surface area contributed by atoms with Gasteiger partial charge in [0.25, 0.3) is 0 Å². The predicted molar refractivity (Wildman–Crippen MR) is 135 cm³/mol. The van der Waals surface area contributed by atoms with E-state index in [4.69, 9.17) is 10.5 Å². The van der Waals surface area contributed by atoms with Crippen LogP contribution in [0.2, 0.25) is 0 Å². The summed E-state index contributed by atoms with van der Waals surface area (Å²) in [6.45, 7) is 9.48. The van der Waals surface area contributed by atoms with E-state index < -0.39 is 28.9 Å². The molecule has 1 heterocycles. The number of benzene rings is 2. The zero-order valence-electron chi connectivity index (χ0n) is 21.1. The minimum atomic E-state index is -0.998. The number of carbonyl (C=O) groups is 2. The number of aliphatic hydroxyl groups is 1. The molecule has 7 nitrogen and oxygen atoms in total. The lowest BCUT2D eigenvalue weighted by Crippen LogP contribution is -2.51. The zero-order chi connectivity index (χ0) is 25.9. The summed E-state index contributed by atoms with van der Waals surface area (Å²) in [7, 11) is 0. The Morgan fingerprint density at radius 1 is 1.17 bits per heavy atom. The summed E-state index contributed by atoms with van der Waals surface area (Å²) in [6.07, 6.45) is 0.481. The van der Waals surface area contributed by atoms with Crippen molar-refractivity contribution in [1.82, 2.24) is 10.2 Å². The maximum atomic E-state index is 13.2. The molecule has 0 unspecified atom stereocenters. The maximum Gasteiger partial charge on any atom is 0.411 e. The van der Waals surface area contributed by atoms with Crippen LogP contribution in [0.25, 0.3) is 0 Å². The van der Waals surface area contributed by atoms with Crippen LogP contribution in [0.1, 0.15) is 70.2 Å². The largest absolute Gasteiger partial charge is 0.438 e. The Bertz CT molecular complexity index is 1110. The van der Waals surface area contributed by atoms with Gasteiger partial charge in [0.05, 0.1) is 17.2 Å². The van der Waals surface area contributed by atoms with E-state index in [1.165, 1.54) is 0 Å². The molecule has 3 amide bonds. The van der Waals surface area contributed by atoms with E-state index in [1.54, 1.807) is 32.6 Å². The third-order valence-electron chi connectivity index (χ3n) is 6.11. The summed E-state index contributed by atoms with van der Waals surface area (Å²) >= 11 is 0. The number of rotatable bonds is 6. The summed E-state index contributed by atoms with van der Waals surface area (Å²) in [5, 5.41) is 13.1. The molecule has 2 atom stereocenters. The average Bonchev–Trinajstić information content (AvgIpc) is 2.76. The molecule has 2 aromatic rings. The molecule has 4 N–H and O–H groups in total. The van der Waals surface area contributed by atoms with Crippen LogP contribution in [0.4, 0.5) is 9.59 Å². The zero-order valence-corrected chi connectivity index (χ0v) is 21.1. The minimum absolute atomic E-state index is 0.201. The first kappa shape index (κ1) is 26.1. The quantitative estimate of drug-likeness (QED) is 0.535. The van der Waals surface area contributed by atoms with Gasteiger partial charge >= 0.3 is 12.1 Å². The van der Waals surface area contributed by atoms with Crippen molar-refractivity contribution in [2.24, 2.45) is 5.73 Å². The van der Waals surface area contributed by atoms with Gasteiger partial charge in [-0.15, -0.1) is 0 Å². The van der Waals surface area contributed by atoms with E-state index in [-0.39, 0.29) is 6.04 Å². The fourth-order valence-corrected chi connectivity index (χ4v) is 4.48. The molecule has 186 valence electrons. The minimum Gasteiger partial charge on any atom is -0.438 e. The van der Waals surface area contributed by atoms with E-state index in [2.05, 4.69) is 17.2 Å². The van der Waals surface area contributed by atoms with Crippen LogP contribution >= 0.6 is 0 Å². The standard InChI is InChI=1S/C28H35N3O4/c1-20(22-13-11-21(12-14-22)15-16-26(2,3)30-24(29)32)31-18-17-28(35-25(31)33,19-27(4,5)34)23-9-7-6-8-10-23/h6-14,20,34H,17-19H2,1-5H3,(H3,29,30,32)/t20-,28-/m0/s1. The number of carbonyl (C=O) groups excluding carboxylic acids is 2. The summed E-state index contributed by atoms with van der Waals surface area (Å²) in [5.41, 5.74) is 5.20. The van der Waals surface area contributed by atoms with Crippen molar-refractivity contribution in [3.8, 4) is 11.8 Å². The van der Waals surface area contributed by atoms with Crippen LogP contribution in [0.3, 0.4) is 0 Å². The number of nitrogens with two attached hydrogens (primary N) is 1. The lowest BCUT2D eigenvalue weighted by molar-refractivity contribution is -0.101. The van der Waals surface area contributed by atoms with E-state index >= 15 is 0 Å². The van der Waals surface area contributed by atoms with Gasteiger partial charge in [-0.3, -0.25) is 0 Å². The van der Waals surface area contributed by atoms with Gasteiger partial charge in [-0.2, -0.15) is 0 Å². The highest BCUT2D eigenvalue weighted by atomic mass is 16.6. The van der Waals surface area contributed by atoms with Crippen molar-refractivity contribution in [2.45, 2.75) is 70.2 Å². The van der Waals surface area contributed by atoms with Gasteiger partial charge in [0, 0.05) is 24.9 Å². The molecule has 1 aliphatic heterocycles. The molecule has 0 spiro atoms. The van der Waals surface area contributed by atoms with Gasteiger partial charge < -0.3 is 25.8 Å². The molecule has 0 aliphatic carbocycles. The highest BCUT2D eigenvalue weighted by molar-refractivity contribution is 5.73. The fourth-order valence-electron chi connectivity index (χ4n) is 4.48. The van der Waals surface area contributed by atoms with Gasteiger partial charge in [-0.05, 0) is 57.9 Å². The number of urea groups is 1. The number of cyclic esters (lactones) is 1. The summed E-state index contributed by atoms with van der Waals surface area (Å²) < 4.78 is 6.08. The van der Waals surface area contributed by atoms with Crippen molar-refractivity contribution < 1.29 is 19.4 Å². The van der Waals surface area contributed by atoms with Gasteiger partial charge in [-0.1, -0.05) is 54.3 Å². The topological polar surface area (TPSA) is 105 Å². The smallest absolute Gasteiger partial charge is 0.411 e. The second kappa shape index (κ2) is 10.0. The maximum absolute atomic E-state index is 13.2. The Hall–Kier alpha value is -3.50. The lowest BCUT2D eigenvalue weighted by atomic mass is 9.80. The number of amides is 3. The van der Waals surface area contributed by atoms with Crippen LogP contribution in [-0.2, 0) is 10.3 Å². The highest BCUT2D eigenvalue weighted by Gasteiger charge is 2.46. The first-order valence-electron chi connectivity index (χ1n) is 11.8. The molecule has 35 heavy (non-hydrogen) atoms. The summed E-state index contributed by atoms with van der Waals surface area (Å²) in [5.74, 6) is 6.05. The van der Waals surface area contributed by atoms with Crippen molar-refractivity contribution >= 4 is 12.1 Å². The molecular formula is C28H35N3O4. The van der Waals surface area contributed by atoms with Crippen molar-refractivity contribution in [3.05, 3.63) is 71.3 Å². The Morgan fingerprint density at radius 3 is 2.34 bits per heavy atom. The highest BCUT2D eigenvalue weighted by Crippen LogP contribution is 2.42. The Morgan fingerprint density at radius 2 is 1.80 bits per heavy atom.